The first-order valence-electron chi connectivity index (χ1n) is 4.58. The van der Waals surface area contributed by atoms with Gasteiger partial charge in [0.1, 0.15) is 13.2 Å². The van der Waals surface area contributed by atoms with Crippen molar-refractivity contribution in [1.29, 1.82) is 0 Å². The molecular weight excluding hydrogens is 161 g/mol. The van der Waals surface area contributed by atoms with Crippen molar-refractivity contribution in [2.45, 2.75) is 0 Å². The Hall–Kier alpha value is -0.955. The van der Waals surface area contributed by atoms with E-state index < -0.39 is 0 Å². The molecule has 1 aromatic carbocycles. The number of para-hydroxylation sites is 1. The van der Waals surface area contributed by atoms with Gasteiger partial charge in [0.25, 0.3) is 0 Å². The number of anilines is 1. The lowest BCUT2D eigenvalue weighted by Crippen LogP contribution is -2.41. The maximum Gasteiger partial charge on any atom is 0.110 e. The number of rotatable bonds is 1. The van der Waals surface area contributed by atoms with Gasteiger partial charge in [-0.05, 0) is 12.1 Å². The van der Waals surface area contributed by atoms with Crippen LogP contribution in [0.3, 0.4) is 0 Å². The van der Waals surface area contributed by atoms with E-state index in [2.05, 4.69) is 33.5 Å². The highest BCUT2D eigenvalue weighted by Gasteiger charge is 2.12. The van der Waals surface area contributed by atoms with Gasteiger partial charge in [0, 0.05) is 5.69 Å². The molecule has 67 valence electrons. The quantitative estimate of drug-likeness (QED) is 0.457. The van der Waals surface area contributed by atoms with Crippen molar-refractivity contribution in [2.75, 3.05) is 31.2 Å². The highest BCUT2D eigenvalue weighted by atomic mass is 16.6. The van der Waals surface area contributed by atoms with Crippen molar-refractivity contribution in [2.24, 2.45) is 0 Å². The van der Waals surface area contributed by atoms with Crippen LogP contribution >= 0.6 is 0 Å². The van der Waals surface area contributed by atoms with Crippen molar-refractivity contribution >= 4 is 13.7 Å². The third-order valence-electron chi connectivity index (χ3n) is 2.37. The summed E-state index contributed by atoms with van der Waals surface area (Å²) in [7, 11) is 5.60. The van der Waals surface area contributed by atoms with Crippen LogP contribution in [-0.4, -0.2) is 34.4 Å². The average Bonchev–Trinajstić information content (AvgIpc) is 2.20. The van der Waals surface area contributed by atoms with Crippen molar-refractivity contribution < 1.29 is 4.28 Å². The highest BCUT2D eigenvalue weighted by Crippen LogP contribution is 2.15. The van der Waals surface area contributed by atoms with Crippen LogP contribution in [0.5, 0.6) is 0 Å². The van der Waals surface area contributed by atoms with E-state index in [-0.39, 0.29) is 0 Å². The number of benzene rings is 1. The number of morpholine rings is 1. The van der Waals surface area contributed by atoms with E-state index in [1.807, 2.05) is 6.07 Å². The van der Waals surface area contributed by atoms with Crippen LogP contribution in [0.2, 0.25) is 0 Å². The minimum atomic E-state index is 0.870. The Morgan fingerprint density at radius 2 is 1.69 bits per heavy atom. The molecule has 0 spiro atoms. The number of hydrogen-bond acceptors (Lipinski definition) is 1. The van der Waals surface area contributed by atoms with Crippen molar-refractivity contribution in [3.63, 3.8) is 0 Å². The Morgan fingerprint density at radius 3 is 2.31 bits per heavy atom. The molecule has 3 heteroatoms. The smallest absolute Gasteiger partial charge is 0.110 e. The van der Waals surface area contributed by atoms with E-state index >= 15 is 0 Å². The Kier molecular flexibility index (Phi) is 2.55. The van der Waals surface area contributed by atoms with E-state index in [0.717, 1.165) is 26.3 Å². The molecule has 0 saturated carbocycles. The fourth-order valence-corrected chi connectivity index (χ4v) is 1.57. The summed E-state index contributed by atoms with van der Waals surface area (Å²) in [6.45, 7) is 3.72. The Balaban J connectivity index is 2.03. The summed E-state index contributed by atoms with van der Waals surface area (Å²) in [5.74, 6) is 0. The van der Waals surface area contributed by atoms with Crippen LogP contribution in [0.25, 0.3) is 0 Å². The first-order valence-corrected chi connectivity index (χ1v) is 4.58. The molecule has 0 bridgehead atoms. The van der Waals surface area contributed by atoms with E-state index in [4.69, 9.17) is 8.05 Å². The summed E-state index contributed by atoms with van der Waals surface area (Å²) in [5.41, 5.74) is 1.29. The van der Waals surface area contributed by atoms with Crippen molar-refractivity contribution in [3.8, 4) is 0 Å². The van der Waals surface area contributed by atoms with Gasteiger partial charge < -0.3 is 9.18 Å². The molecule has 1 aliphatic heterocycles. The van der Waals surface area contributed by atoms with Crippen LogP contribution in [0.4, 0.5) is 5.69 Å². The summed E-state index contributed by atoms with van der Waals surface area (Å²) in [6.07, 6.45) is 0. The minimum Gasteiger partial charge on any atom is -0.732 e. The third-order valence-corrected chi connectivity index (χ3v) is 2.37. The lowest BCUT2D eigenvalue weighted by Gasteiger charge is -2.40. The van der Waals surface area contributed by atoms with Gasteiger partial charge in [0.2, 0.25) is 0 Å². The Bertz CT molecular complexity index is 257. The molecule has 1 fully saturated rings. The predicted octanol–water partition coefficient (Wildman–Crippen LogP) is 1.14. The monoisotopic (exact) mass is 174 g/mol. The molecule has 2 nitrogen and oxygen atoms in total. The zero-order chi connectivity index (χ0) is 9.10. The molecule has 3 radical (unpaired) electrons. The first kappa shape index (κ1) is 8.63. The van der Waals surface area contributed by atoms with E-state index in [0.29, 0.717) is 0 Å². The predicted molar refractivity (Wildman–Crippen MR) is 55.2 cm³/mol. The summed E-state index contributed by atoms with van der Waals surface area (Å²) in [5, 5.41) is 0. The molecule has 2 rings (SSSR count). The van der Waals surface area contributed by atoms with Crippen molar-refractivity contribution in [3.05, 3.63) is 30.3 Å². The molecule has 1 saturated heterocycles. The molecule has 0 N–H and O–H groups in total. The molecule has 1 aromatic rings. The van der Waals surface area contributed by atoms with Crippen LogP contribution in [-0.2, 0) is 4.28 Å². The maximum absolute atomic E-state index is 5.60. The van der Waals surface area contributed by atoms with Gasteiger partial charge in [0.05, 0.1) is 13.1 Å². The van der Waals surface area contributed by atoms with Crippen LogP contribution in [0.15, 0.2) is 30.3 Å². The van der Waals surface area contributed by atoms with E-state index in [1.54, 1.807) is 0 Å². The van der Waals surface area contributed by atoms with Crippen LogP contribution in [0.1, 0.15) is 0 Å². The molecule has 0 atom stereocenters. The lowest BCUT2D eigenvalue weighted by atomic mass is 10.2. The fourth-order valence-electron chi connectivity index (χ4n) is 1.57. The molecule has 0 aromatic heterocycles. The zero-order valence-electron chi connectivity index (χ0n) is 7.65. The normalized spacial score (nSPS) is 19.0. The van der Waals surface area contributed by atoms with Gasteiger partial charge in [-0.1, -0.05) is 26.2 Å². The van der Waals surface area contributed by atoms with E-state index in [1.165, 1.54) is 5.69 Å². The van der Waals surface area contributed by atoms with Crippen LogP contribution < -0.4 is 4.90 Å². The molecule has 1 heterocycles. The number of hydrogen-bond donors (Lipinski definition) is 0. The first-order chi connectivity index (χ1) is 6.36. The van der Waals surface area contributed by atoms with Gasteiger partial charge >= 0.3 is 0 Å². The summed E-state index contributed by atoms with van der Waals surface area (Å²) in [6, 6.07) is 10.4. The second kappa shape index (κ2) is 3.84. The molecule has 13 heavy (non-hydrogen) atoms. The van der Waals surface area contributed by atoms with Crippen LogP contribution in [0, 0.1) is 0 Å². The minimum absolute atomic E-state index is 0.870. The topological polar surface area (TPSA) is 5.94 Å². The SMILES string of the molecule is [B-][O+]1CCN(c2ccccc2)CC1. The molecule has 0 unspecified atom stereocenters. The fraction of sp³-hybridized carbons (Fsp3) is 0.400. The largest absolute Gasteiger partial charge is 0.732 e. The maximum atomic E-state index is 5.60. The van der Waals surface area contributed by atoms with Gasteiger partial charge in [-0.15, -0.1) is 0 Å². The second-order valence-electron chi connectivity index (χ2n) is 3.27. The highest BCUT2D eigenvalue weighted by molar-refractivity contribution is 5.99. The summed E-state index contributed by atoms with van der Waals surface area (Å²) >= 11 is 0. The summed E-state index contributed by atoms with van der Waals surface area (Å²) in [4.78, 5) is 2.34. The second-order valence-corrected chi connectivity index (χ2v) is 3.27. The lowest BCUT2D eigenvalue weighted by molar-refractivity contribution is 0.0136. The van der Waals surface area contributed by atoms with Gasteiger partial charge in [-0.2, -0.15) is 0 Å². The zero-order valence-corrected chi connectivity index (χ0v) is 7.65. The Labute approximate surface area is 80.3 Å². The van der Waals surface area contributed by atoms with Gasteiger partial charge in [-0.25, -0.2) is 0 Å². The molecular formula is C10H13BNO. The van der Waals surface area contributed by atoms with Crippen molar-refractivity contribution in [1.82, 2.24) is 0 Å². The van der Waals surface area contributed by atoms with E-state index in [9.17, 15) is 0 Å². The van der Waals surface area contributed by atoms with Gasteiger partial charge in [0.15, 0.2) is 0 Å². The average molecular weight is 174 g/mol. The number of nitrogens with zero attached hydrogens (tertiary/aromatic N) is 1. The molecule has 0 amide bonds. The third kappa shape index (κ3) is 2.04. The summed E-state index contributed by atoms with van der Waals surface area (Å²) < 4.78 is 2.60. The Morgan fingerprint density at radius 1 is 1.08 bits per heavy atom. The van der Waals surface area contributed by atoms with Gasteiger partial charge in [-0.3, -0.25) is 0 Å². The molecule has 0 aliphatic carbocycles. The molecule has 1 aliphatic rings. The standard InChI is InChI=1S/C10H13BNO/c11-13-8-6-12(7-9-13)10-4-2-1-3-5-10/h1-5H,6-9H2.